The summed E-state index contributed by atoms with van der Waals surface area (Å²) in [6.45, 7) is 5.88. The third-order valence-electron chi connectivity index (χ3n) is 5.53. The largest absolute Gasteiger partial charge is 0.350 e. The molecule has 4 nitrogen and oxygen atoms in total. The van der Waals surface area contributed by atoms with Crippen LogP contribution in [0, 0.1) is 5.82 Å². The van der Waals surface area contributed by atoms with Gasteiger partial charge in [0.1, 0.15) is 11.9 Å². The molecule has 0 radical (unpaired) electrons. The Hall–Kier alpha value is -2.54. The fourth-order valence-corrected chi connectivity index (χ4v) is 5.10. The average molecular weight is 562 g/mol. The Morgan fingerprint density at radius 3 is 2.27 bits per heavy atom. The zero-order valence-electron chi connectivity index (χ0n) is 21.1. The molecule has 0 saturated carbocycles. The van der Waals surface area contributed by atoms with Crippen molar-refractivity contribution in [1.82, 2.24) is 10.2 Å². The van der Waals surface area contributed by atoms with Gasteiger partial charge in [-0.25, -0.2) is 4.39 Å². The van der Waals surface area contributed by atoms with Crippen molar-refractivity contribution in [1.29, 1.82) is 0 Å². The molecule has 0 aliphatic heterocycles. The molecule has 0 spiro atoms. The summed E-state index contributed by atoms with van der Waals surface area (Å²) in [5.41, 5.74) is 2.08. The highest BCUT2D eigenvalue weighted by molar-refractivity contribution is 7.99. The van der Waals surface area contributed by atoms with E-state index in [1.807, 2.05) is 51.1 Å². The molecule has 2 amide bonds. The highest BCUT2D eigenvalue weighted by atomic mass is 35.5. The lowest BCUT2D eigenvalue weighted by Gasteiger charge is -2.34. The lowest BCUT2D eigenvalue weighted by atomic mass is 10.0. The van der Waals surface area contributed by atoms with Gasteiger partial charge in [-0.2, -0.15) is 0 Å². The number of rotatable bonds is 10. The first-order chi connectivity index (χ1) is 17.5. The SMILES string of the molecule is CC(C)(C)NC(=O)[C@@H](Cc1ccccc1)N(Cc1ccc(Cl)cc1Cl)C(=O)CSCc1ccc(F)cc1. The predicted octanol–water partition coefficient (Wildman–Crippen LogP) is 6.92. The second kappa shape index (κ2) is 13.3. The number of amides is 2. The molecule has 0 heterocycles. The van der Waals surface area contributed by atoms with Crippen LogP contribution in [0.2, 0.25) is 10.0 Å². The van der Waals surface area contributed by atoms with Crippen molar-refractivity contribution in [3.05, 3.63) is 105 Å². The van der Waals surface area contributed by atoms with E-state index in [4.69, 9.17) is 23.2 Å². The van der Waals surface area contributed by atoms with Gasteiger partial charge in [-0.15, -0.1) is 11.8 Å². The van der Waals surface area contributed by atoms with Crippen molar-refractivity contribution < 1.29 is 14.0 Å². The van der Waals surface area contributed by atoms with Crippen LogP contribution in [0.4, 0.5) is 4.39 Å². The van der Waals surface area contributed by atoms with Crippen molar-refractivity contribution in [3.63, 3.8) is 0 Å². The zero-order chi connectivity index (χ0) is 27.0. The number of thioether (sulfide) groups is 1. The monoisotopic (exact) mass is 560 g/mol. The number of benzene rings is 3. The van der Waals surface area contributed by atoms with E-state index in [1.54, 1.807) is 35.2 Å². The number of halogens is 3. The van der Waals surface area contributed by atoms with Gasteiger partial charge in [0.2, 0.25) is 11.8 Å². The van der Waals surface area contributed by atoms with Crippen LogP contribution in [0.3, 0.4) is 0 Å². The van der Waals surface area contributed by atoms with Crippen LogP contribution in [0.15, 0.2) is 72.8 Å². The lowest BCUT2D eigenvalue weighted by Crippen LogP contribution is -2.54. The number of nitrogens with zero attached hydrogens (tertiary/aromatic N) is 1. The number of carbonyl (C=O) groups is 2. The fourth-order valence-electron chi connectivity index (χ4n) is 3.76. The van der Waals surface area contributed by atoms with Gasteiger partial charge in [-0.1, -0.05) is 71.7 Å². The summed E-state index contributed by atoms with van der Waals surface area (Å²) in [7, 11) is 0. The molecule has 196 valence electrons. The van der Waals surface area contributed by atoms with Gasteiger partial charge in [-0.05, 0) is 61.7 Å². The van der Waals surface area contributed by atoms with Gasteiger partial charge in [0.15, 0.2) is 0 Å². The van der Waals surface area contributed by atoms with Gasteiger partial charge in [0.05, 0.1) is 5.75 Å². The maximum atomic E-state index is 13.7. The molecule has 37 heavy (non-hydrogen) atoms. The van der Waals surface area contributed by atoms with Crippen LogP contribution < -0.4 is 5.32 Å². The van der Waals surface area contributed by atoms with Crippen LogP contribution in [-0.2, 0) is 28.3 Å². The summed E-state index contributed by atoms with van der Waals surface area (Å²) in [5, 5.41) is 3.97. The number of hydrogen-bond acceptors (Lipinski definition) is 3. The summed E-state index contributed by atoms with van der Waals surface area (Å²) in [5.74, 6) is -0.0404. The minimum atomic E-state index is -0.757. The molecular weight excluding hydrogens is 530 g/mol. The van der Waals surface area contributed by atoms with Crippen LogP contribution in [0.5, 0.6) is 0 Å². The second-order valence-electron chi connectivity index (χ2n) is 9.82. The Labute approximate surface area is 232 Å². The number of hydrogen-bond donors (Lipinski definition) is 1. The molecule has 0 fully saturated rings. The molecule has 3 aromatic carbocycles. The molecule has 0 bridgehead atoms. The molecule has 1 N–H and O–H groups in total. The van der Waals surface area contributed by atoms with Crippen molar-refractivity contribution in [2.24, 2.45) is 0 Å². The second-order valence-corrected chi connectivity index (χ2v) is 11.7. The highest BCUT2D eigenvalue weighted by Crippen LogP contribution is 2.25. The van der Waals surface area contributed by atoms with Gasteiger partial charge in [-0.3, -0.25) is 9.59 Å². The van der Waals surface area contributed by atoms with E-state index in [0.717, 1.165) is 11.1 Å². The quantitative estimate of drug-likeness (QED) is 0.292. The minimum Gasteiger partial charge on any atom is -0.350 e. The number of nitrogens with one attached hydrogen (secondary N) is 1. The molecular formula is C29H31Cl2FN2O2S. The first-order valence-electron chi connectivity index (χ1n) is 11.9. The van der Waals surface area contributed by atoms with Crippen LogP contribution in [-0.4, -0.2) is 34.0 Å². The van der Waals surface area contributed by atoms with E-state index >= 15 is 0 Å². The van der Waals surface area contributed by atoms with E-state index in [0.29, 0.717) is 27.8 Å². The molecule has 1 atom stereocenters. The third kappa shape index (κ3) is 9.37. The molecule has 3 rings (SSSR count). The highest BCUT2D eigenvalue weighted by Gasteiger charge is 2.32. The zero-order valence-corrected chi connectivity index (χ0v) is 23.5. The Balaban J connectivity index is 1.89. The first-order valence-corrected chi connectivity index (χ1v) is 13.8. The van der Waals surface area contributed by atoms with Gasteiger partial charge < -0.3 is 10.2 Å². The summed E-state index contributed by atoms with van der Waals surface area (Å²) < 4.78 is 13.2. The Kier molecular flexibility index (Phi) is 10.4. The van der Waals surface area contributed by atoms with Crippen molar-refractivity contribution >= 4 is 46.8 Å². The lowest BCUT2D eigenvalue weighted by molar-refractivity contribution is -0.140. The maximum Gasteiger partial charge on any atom is 0.243 e. The summed E-state index contributed by atoms with van der Waals surface area (Å²) in [4.78, 5) is 28.8. The first kappa shape index (κ1) is 29.0. The Morgan fingerprint density at radius 1 is 0.973 bits per heavy atom. The molecule has 8 heteroatoms. The molecule has 0 saturated heterocycles. The fraction of sp³-hybridized carbons (Fsp3) is 0.310. The van der Waals surface area contributed by atoms with Crippen LogP contribution in [0.25, 0.3) is 0 Å². The summed E-state index contributed by atoms with van der Waals surface area (Å²) in [6.07, 6.45) is 0.350. The van der Waals surface area contributed by atoms with Gasteiger partial charge >= 0.3 is 0 Å². The maximum absolute atomic E-state index is 13.7. The van der Waals surface area contributed by atoms with Crippen molar-refractivity contribution in [2.45, 2.75) is 51.1 Å². The minimum absolute atomic E-state index is 0.149. The predicted molar refractivity (Wildman–Crippen MR) is 151 cm³/mol. The van der Waals surface area contributed by atoms with E-state index < -0.39 is 11.6 Å². The molecule has 0 aliphatic carbocycles. The van der Waals surface area contributed by atoms with Crippen LogP contribution in [0.1, 0.15) is 37.5 Å². The topological polar surface area (TPSA) is 49.4 Å². The normalized spacial score (nSPS) is 12.2. The average Bonchev–Trinajstić information content (AvgIpc) is 2.83. The molecule has 0 unspecified atom stereocenters. The van der Waals surface area contributed by atoms with Gasteiger partial charge in [0.25, 0.3) is 0 Å². The van der Waals surface area contributed by atoms with E-state index in [1.165, 1.54) is 23.9 Å². The third-order valence-corrected chi connectivity index (χ3v) is 7.11. The van der Waals surface area contributed by atoms with Crippen molar-refractivity contribution in [3.8, 4) is 0 Å². The van der Waals surface area contributed by atoms with Crippen molar-refractivity contribution in [2.75, 3.05) is 5.75 Å². The summed E-state index contributed by atoms with van der Waals surface area (Å²) in [6, 6.07) is 20.2. The van der Waals surface area contributed by atoms with Gasteiger partial charge in [0, 0.05) is 34.3 Å². The van der Waals surface area contributed by atoms with Crippen LogP contribution >= 0.6 is 35.0 Å². The smallest absolute Gasteiger partial charge is 0.243 e. The number of carbonyl (C=O) groups excluding carboxylic acids is 2. The van der Waals surface area contributed by atoms with E-state index in [-0.39, 0.29) is 29.9 Å². The van der Waals surface area contributed by atoms with E-state index in [2.05, 4.69) is 5.32 Å². The Bertz CT molecular complexity index is 1200. The summed E-state index contributed by atoms with van der Waals surface area (Å²) >= 11 is 14.0. The Morgan fingerprint density at radius 2 is 1.65 bits per heavy atom. The molecule has 0 aliphatic rings. The molecule has 3 aromatic rings. The standard InChI is InChI=1S/C29H31Cl2FN2O2S/c1-29(2,3)33-28(36)26(15-20-7-5-4-6-8-20)34(17-22-11-12-23(30)16-25(22)31)27(35)19-37-18-21-9-13-24(32)14-10-21/h4-14,16,26H,15,17-19H2,1-3H3,(H,33,36)/t26-/m1/s1. The molecule has 0 aromatic heterocycles. The van der Waals surface area contributed by atoms with E-state index in [9.17, 15) is 14.0 Å².